The van der Waals surface area contributed by atoms with Crippen LogP contribution < -0.4 is 11.1 Å². The minimum atomic E-state index is -1.12. The molecule has 122 valence electrons. The molecular formula is C13H14N4O4S2. The van der Waals surface area contributed by atoms with Gasteiger partial charge >= 0.3 is 5.97 Å². The maximum atomic E-state index is 12.2. The highest BCUT2D eigenvalue weighted by Crippen LogP contribution is 2.40. The highest BCUT2D eigenvalue weighted by atomic mass is 32.2. The summed E-state index contributed by atoms with van der Waals surface area (Å²) in [5, 5.41) is 13.6. The van der Waals surface area contributed by atoms with E-state index in [1.54, 1.807) is 12.3 Å². The Balaban J connectivity index is 1.66. The molecule has 2 atom stereocenters. The van der Waals surface area contributed by atoms with E-state index >= 15 is 0 Å². The van der Waals surface area contributed by atoms with Crippen molar-refractivity contribution in [2.24, 2.45) is 0 Å². The molecule has 3 rings (SSSR count). The number of nitrogens with two attached hydrogens (primary N) is 1. The zero-order valence-corrected chi connectivity index (χ0v) is 13.7. The molecular weight excluding hydrogens is 340 g/mol. The standard InChI is InChI=1S/C13H14N4O4S2/c1-5-3-22-11-8(10(19)17(11)9(5)12(20)21)16-7(18)2-6-4-23-13(14)15-6/h4,8,11H,2-3H2,1H3,(H2,14,15)(H,16,18)(H,20,21). The number of thioether (sulfide) groups is 1. The quantitative estimate of drug-likeness (QED) is 0.651. The fourth-order valence-corrected chi connectivity index (χ4v) is 4.42. The summed E-state index contributed by atoms with van der Waals surface area (Å²) in [6, 6.07) is -0.703. The maximum absolute atomic E-state index is 12.2. The normalized spacial score (nSPS) is 23.3. The van der Waals surface area contributed by atoms with E-state index in [1.807, 2.05) is 0 Å². The average Bonchev–Trinajstić information content (AvgIpc) is 2.89. The lowest BCUT2D eigenvalue weighted by Crippen LogP contribution is -2.70. The van der Waals surface area contributed by atoms with E-state index in [4.69, 9.17) is 5.73 Å². The number of β-lactam (4-membered cyclic amide) rings is 1. The number of rotatable bonds is 4. The molecule has 23 heavy (non-hydrogen) atoms. The van der Waals surface area contributed by atoms with Crippen LogP contribution >= 0.6 is 23.1 Å². The molecule has 0 radical (unpaired) electrons. The van der Waals surface area contributed by atoms with E-state index in [-0.39, 0.29) is 23.4 Å². The molecule has 3 heterocycles. The molecule has 2 amide bonds. The van der Waals surface area contributed by atoms with E-state index in [1.165, 1.54) is 28.0 Å². The summed E-state index contributed by atoms with van der Waals surface area (Å²) in [7, 11) is 0. The van der Waals surface area contributed by atoms with Gasteiger partial charge in [-0.15, -0.1) is 23.1 Å². The number of carbonyl (C=O) groups excluding carboxylic acids is 2. The first-order valence-corrected chi connectivity index (χ1v) is 8.68. The molecule has 0 saturated carbocycles. The maximum Gasteiger partial charge on any atom is 0.352 e. The summed E-state index contributed by atoms with van der Waals surface area (Å²) in [5.74, 6) is -1.34. The van der Waals surface area contributed by atoms with Crippen molar-refractivity contribution in [2.45, 2.75) is 24.8 Å². The van der Waals surface area contributed by atoms with Gasteiger partial charge in [0.25, 0.3) is 5.91 Å². The van der Waals surface area contributed by atoms with Crippen molar-refractivity contribution < 1.29 is 19.5 Å². The number of carboxylic acids is 1. The lowest BCUT2D eigenvalue weighted by molar-refractivity contribution is -0.150. The summed E-state index contributed by atoms with van der Waals surface area (Å²) < 4.78 is 0. The van der Waals surface area contributed by atoms with Gasteiger partial charge in [0.05, 0.1) is 12.1 Å². The second-order valence-corrected chi connectivity index (χ2v) is 7.24. The molecule has 4 N–H and O–H groups in total. The molecule has 1 aromatic heterocycles. The SMILES string of the molecule is CC1=C(C(=O)O)N2C(=O)C(NC(=O)Cc3csc(N)n3)C2SC1. The number of hydrogen-bond acceptors (Lipinski definition) is 7. The number of nitrogen functional groups attached to an aromatic ring is 1. The predicted octanol–water partition coefficient (Wildman–Crippen LogP) is 0.0263. The Labute approximate surface area is 139 Å². The lowest BCUT2D eigenvalue weighted by Gasteiger charge is -2.49. The summed E-state index contributed by atoms with van der Waals surface area (Å²) in [6.45, 7) is 1.69. The van der Waals surface area contributed by atoms with Crippen molar-refractivity contribution >= 4 is 46.0 Å². The van der Waals surface area contributed by atoms with Crippen LogP contribution in [0.4, 0.5) is 5.13 Å². The van der Waals surface area contributed by atoms with Crippen LogP contribution in [0.15, 0.2) is 16.7 Å². The Kier molecular flexibility index (Phi) is 4.02. The van der Waals surface area contributed by atoms with Gasteiger partial charge in [-0.25, -0.2) is 9.78 Å². The van der Waals surface area contributed by atoms with Gasteiger partial charge in [-0.1, -0.05) is 0 Å². The molecule has 1 fully saturated rings. The first-order valence-electron chi connectivity index (χ1n) is 6.75. The van der Waals surface area contributed by atoms with Gasteiger partial charge in [-0.2, -0.15) is 0 Å². The van der Waals surface area contributed by atoms with Gasteiger partial charge < -0.3 is 16.2 Å². The number of carbonyl (C=O) groups is 3. The number of fused-ring (bicyclic) bond motifs is 1. The van der Waals surface area contributed by atoms with Gasteiger partial charge in [0.15, 0.2) is 5.13 Å². The van der Waals surface area contributed by atoms with E-state index in [0.29, 0.717) is 22.2 Å². The van der Waals surface area contributed by atoms with Crippen molar-refractivity contribution in [3.05, 3.63) is 22.3 Å². The Morgan fingerprint density at radius 3 is 2.91 bits per heavy atom. The van der Waals surface area contributed by atoms with E-state index in [0.717, 1.165) is 0 Å². The monoisotopic (exact) mass is 354 g/mol. The minimum Gasteiger partial charge on any atom is -0.477 e. The van der Waals surface area contributed by atoms with Crippen molar-refractivity contribution in [3.63, 3.8) is 0 Å². The number of anilines is 1. The third kappa shape index (κ3) is 2.79. The summed E-state index contributed by atoms with van der Waals surface area (Å²) >= 11 is 2.69. The predicted molar refractivity (Wildman–Crippen MR) is 85.6 cm³/mol. The van der Waals surface area contributed by atoms with Crippen LogP contribution in [0.5, 0.6) is 0 Å². The van der Waals surface area contributed by atoms with E-state index in [2.05, 4.69) is 10.3 Å². The smallest absolute Gasteiger partial charge is 0.352 e. The van der Waals surface area contributed by atoms with Crippen LogP contribution in [0.1, 0.15) is 12.6 Å². The highest BCUT2D eigenvalue weighted by Gasteiger charge is 2.53. The minimum absolute atomic E-state index is 0.0246. The fraction of sp³-hybridized carbons (Fsp3) is 0.385. The molecule has 0 aromatic carbocycles. The molecule has 2 aliphatic heterocycles. The van der Waals surface area contributed by atoms with E-state index < -0.39 is 17.9 Å². The number of aliphatic carboxylic acids is 1. The second-order valence-electron chi connectivity index (χ2n) is 5.24. The van der Waals surface area contributed by atoms with Gasteiger partial charge in [0, 0.05) is 11.1 Å². The Bertz CT molecular complexity index is 729. The van der Waals surface area contributed by atoms with Gasteiger partial charge in [0.2, 0.25) is 5.91 Å². The average molecular weight is 354 g/mol. The molecule has 1 aromatic rings. The van der Waals surface area contributed by atoms with Crippen LogP contribution in [-0.2, 0) is 20.8 Å². The number of amides is 2. The Morgan fingerprint density at radius 2 is 2.30 bits per heavy atom. The lowest BCUT2D eigenvalue weighted by atomic mass is 10.0. The first kappa shape index (κ1) is 15.8. The largest absolute Gasteiger partial charge is 0.477 e. The van der Waals surface area contributed by atoms with Gasteiger partial charge in [-0.3, -0.25) is 14.5 Å². The zero-order valence-electron chi connectivity index (χ0n) is 12.1. The number of aromatic nitrogens is 1. The van der Waals surface area contributed by atoms with Crippen LogP contribution in [0.2, 0.25) is 0 Å². The topological polar surface area (TPSA) is 126 Å². The van der Waals surface area contributed by atoms with Crippen LogP contribution in [-0.4, -0.2) is 49.9 Å². The van der Waals surface area contributed by atoms with Crippen LogP contribution in [0.25, 0.3) is 0 Å². The van der Waals surface area contributed by atoms with E-state index in [9.17, 15) is 19.5 Å². The highest BCUT2D eigenvalue weighted by molar-refractivity contribution is 8.00. The number of thiazole rings is 1. The fourth-order valence-electron chi connectivity index (χ4n) is 2.57. The second kappa shape index (κ2) is 5.85. The van der Waals surface area contributed by atoms with Gasteiger partial charge in [-0.05, 0) is 12.5 Å². The first-order chi connectivity index (χ1) is 10.9. The van der Waals surface area contributed by atoms with Crippen molar-refractivity contribution in [2.75, 3.05) is 11.5 Å². The molecule has 0 spiro atoms. The summed E-state index contributed by atoms with van der Waals surface area (Å²) in [5.41, 5.74) is 6.73. The number of nitrogens with one attached hydrogen (secondary N) is 1. The van der Waals surface area contributed by atoms with Gasteiger partial charge in [0.1, 0.15) is 17.1 Å². The summed E-state index contributed by atoms with van der Waals surface area (Å²) in [4.78, 5) is 40.8. The molecule has 0 bridgehead atoms. The number of nitrogens with zero attached hydrogens (tertiary/aromatic N) is 2. The Morgan fingerprint density at radius 1 is 1.57 bits per heavy atom. The molecule has 2 unspecified atom stereocenters. The molecule has 1 saturated heterocycles. The molecule has 2 aliphatic rings. The third-order valence-corrected chi connectivity index (χ3v) is 5.74. The molecule has 10 heteroatoms. The Hall–Kier alpha value is -2.07. The number of carboxylic acid groups (broad SMARTS) is 1. The van der Waals surface area contributed by atoms with Crippen molar-refractivity contribution in [1.29, 1.82) is 0 Å². The van der Waals surface area contributed by atoms with Crippen molar-refractivity contribution in [1.82, 2.24) is 15.2 Å². The summed E-state index contributed by atoms with van der Waals surface area (Å²) in [6.07, 6.45) is 0.0372. The van der Waals surface area contributed by atoms with Crippen LogP contribution in [0.3, 0.4) is 0 Å². The molecule has 0 aliphatic carbocycles. The zero-order chi connectivity index (χ0) is 16.7. The molecule has 8 nitrogen and oxygen atoms in total. The van der Waals surface area contributed by atoms with Crippen LogP contribution in [0, 0.1) is 0 Å². The number of hydrogen-bond donors (Lipinski definition) is 3. The third-order valence-electron chi connectivity index (χ3n) is 3.59. The van der Waals surface area contributed by atoms with Crippen molar-refractivity contribution in [3.8, 4) is 0 Å².